The molecule has 9 heteroatoms. The summed E-state index contributed by atoms with van der Waals surface area (Å²) in [6.07, 6.45) is 0. The van der Waals surface area contributed by atoms with E-state index in [1.165, 1.54) is 16.8 Å². The summed E-state index contributed by atoms with van der Waals surface area (Å²) in [5.74, 6) is 6.85. The van der Waals surface area contributed by atoms with Gasteiger partial charge in [0, 0.05) is 0 Å². The van der Waals surface area contributed by atoms with Gasteiger partial charge in [-0.1, -0.05) is 0 Å². The number of nitrogen functional groups attached to an aromatic ring is 1. The number of hydrogen-bond donors (Lipinski definition) is 2. The zero-order chi connectivity index (χ0) is 13.3. The van der Waals surface area contributed by atoms with E-state index in [1.54, 1.807) is 13.8 Å². The molecule has 3 N–H and O–H groups in total. The second-order valence-corrected chi connectivity index (χ2v) is 3.59. The van der Waals surface area contributed by atoms with Crippen molar-refractivity contribution in [3.63, 3.8) is 0 Å². The number of nitro groups is 1. The van der Waals surface area contributed by atoms with Crippen LogP contribution in [0.4, 0.5) is 11.5 Å². The molecule has 2 heterocycles. The molecule has 0 unspecified atom stereocenters. The van der Waals surface area contributed by atoms with Gasteiger partial charge in [0.25, 0.3) is 5.69 Å². The van der Waals surface area contributed by atoms with Crippen LogP contribution in [0, 0.1) is 24.0 Å². The third-order valence-electron chi connectivity index (χ3n) is 2.25. The lowest BCUT2D eigenvalue weighted by Gasteiger charge is -2.05. The van der Waals surface area contributed by atoms with E-state index in [1.807, 2.05) is 0 Å². The van der Waals surface area contributed by atoms with E-state index in [9.17, 15) is 10.1 Å². The van der Waals surface area contributed by atoms with Gasteiger partial charge >= 0.3 is 0 Å². The smallest absolute Gasteiger partial charge is 0.276 e. The van der Waals surface area contributed by atoms with Crippen LogP contribution >= 0.6 is 0 Å². The van der Waals surface area contributed by atoms with Crippen molar-refractivity contribution in [3.05, 3.63) is 33.9 Å². The monoisotopic (exact) mass is 249 g/mol. The van der Waals surface area contributed by atoms with Crippen molar-refractivity contribution >= 4 is 11.5 Å². The van der Waals surface area contributed by atoms with Crippen LogP contribution in [0.5, 0.6) is 0 Å². The molecule has 9 nitrogen and oxygen atoms in total. The van der Waals surface area contributed by atoms with Gasteiger partial charge in [-0.15, -0.1) is 5.10 Å². The molecule has 18 heavy (non-hydrogen) atoms. The summed E-state index contributed by atoms with van der Waals surface area (Å²) >= 11 is 0. The number of nitrogens with zero attached hydrogens (tertiary/aromatic N) is 5. The molecule has 0 aliphatic carbocycles. The molecule has 0 bridgehead atoms. The topological polar surface area (TPSA) is 125 Å². The van der Waals surface area contributed by atoms with Crippen molar-refractivity contribution in [2.45, 2.75) is 13.8 Å². The highest BCUT2D eigenvalue weighted by molar-refractivity contribution is 5.49. The van der Waals surface area contributed by atoms with Gasteiger partial charge in [0.2, 0.25) is 0 Å². The molecule has 94 valence electrons. The molecule has 0 saturated carbocycles. The van der Waals surface area contributed by atoms with Gasteiger partial charge in [0.05, 0.1) is 17.1 Å². The van der Waals surface area contributed by atoms with Crippen LogP contribution in [-0.4, -0.2) is 24.7 Å². The zero-order valence-electron chi connectivity index (χ0n) is 9.78. The average molecular weight is 249 g/mol. The maximum Gasteiger partial charge on any atom is 0.276 e. The SMILES string of the molecule is Cc1nc(C)n(-c2cc([N+](=O)[O-])cc(NN)n2)n1. The van der Waals surface area contributed by atoms with Crippen LogP contribution in [-0.2, 0) is 0 Å². The van der Waals surface area contributed by atoms with Crippen LogP contribution in [0.1, 0.15) is 11.6 Å². The number of anilines is 1. The molecule has 0 spiro atoms. The lowest BCUT2D eigenvalue weighted by atomic mass is 10.3. The molecule has 0 radical (unpaired) electrons. The molecular formula is C9H11N7O2. The number of pyridine rings is 1. The number of rotatable bonds is 3. The third kappa shape index (κ3) is 2.11. The molecule has 2 aromatic heterocycles. The summed E-state index contributed by atoms with van der Waals surface area (Å²) in [7, 11) is 0. The minimum absolute atomic E-state index is 0.125. The fraction of sp³-hybridized carbons (Fsp3) is 0.222. The number of hydrogen-bond acceptors (Lipinski definition) is 7. The highest BCUT2D eigenvalue weighted by Gasteiger charge is 2.14. The fourth-order valence-electron chi connectivity index (χ4n) is 1.53. The number of hydrazine groups is 1. The van der Waals surface area contributed by atoms with Crippen LogP contribution in [0.3, 0.4) is 0 Å². The number of aryl methyl sites for hydroxylation is 2. The minimum atomic E-state index is -0.523. The predicted molar refractivity (Wildman–Crippen MR) is 63.1 cm³/mol. The molecule has 0 fully saturated rings. The number of aromatic nitrogens is 4. The largest absolute Gasteiger partial charge is 0.308 e. The zero-order valence-corrected chi connectivity index (χ0v) is 9.78. The first kappa shape index (κ1) is 11.9. The van der Waals surface area contributed by atoms with E-state index in [2.05, 4.69) is 20.5 Å². The van der Waals surface area contributed by atoms with Crippen molar-refractivity contribution in [2.75, 3.05) is 5.43 Å². The summed E-state index contributed by atoms with van der Waals surface area (Å²) in [6, 6.07) is 2.55. The molecule has 2 rings (SSSR count). The Morgan fingerprint density at radius 1 is 1.39 bits per heavy atom. The first-order valence-electron chi connectivity index (χ1n) is 5.05. The second-order valence-electron chi connectivity index (χ2n) is 3.59. The maximum atomic E-state index is 10.8. The summed E-state index contributed by atoms with van der Waals surface area (Å²) in [5.41, 5.74) is 2.16. The van der Waals surface area contributed by atoms with Crippen molar-refractivity contribution in [1.29, 1.82) is 0 Å². The first-order valence-corrected chi connectivity index (χ1v) is 5.05. The van der Waals surface area contributed by atoms with Crippen molar-refractivity contribution < 1.29 is 4.92 Å². The van der Waals surface area contributed by atoms with Gasteiger partial charge < -0.3 is 5.43 Å². The Morgan fingerprint density at radius 3 is 2.61 bits per heavy atom. The van der Waals surface area contributed by atoms with Crippen molar-refractivity contribution in [3.8, 4) is 5.82 Å². The molecule has 0 amide bonds. The van der Waals surface area contributed by atoms with Crippen molar-refractivity contribution in [2.24, 2.45) is 5.84 Å². The Morgan fingerprint density at radius 2 is 2.11 bits per heavy atom. The lowest BCUT2D eigenvalue weighted by Crippen LogP contribution is -2.11. The molecule has 2 aromatic rings. The van der Waals surface area contributed by atoms with Gasteiger partial charge in [-0.3, -0.25) is 10.1 Å². The highest BCUT2D eigenvalue weighted by Crippen LogP contribution is 2.19. The predicted octanol–water partition coefficient (Wildman–Crippen LogP) is 0.473. The average Bonchev–Trinajstić information content (AvgIpc) is 2.67. The van der Waals surface area contributed by atoms with Gasteiger partial charge in [-0.25, -0.2) is 15.8 Å². The highest BCUT2D eigenvalue weighted by atomic mass is 16.6. The second kappa shape index (κ2) is 4.37. The van der Waals surface area contributed by atoms with Crippen LogP contribution in [0.15, 0.2) is 12.1 Å². The molecule has 0 aromatic carbocycles. The van der Waals surface area contributed by atoms with Crippen LogP contribution in [0.2, 0.25) is 0 Å². The number of nitrogens with one attached hydrogen (secondary N) is 1. The molecule has 0 saturated heterocycles. The van der Waals surface area contributed by atoms with E-state index in [0.717, 1.165) is 0 Å². The standard InChI is InChI=1S/C9H11N7O2/c1-5-11-6(2)15(14-5)9-4-7(16(17)18)3-8(12-9)13-10/h3-4H,10H2,1-2H3,(H,12,13). The third-order valence-corrected chi connectivity index (χ3v) is 2.25. The molecule has 0 atom stereocenters. The normalized spacial score (nSPS) is 10.4. The maximum absolute atomic E-state index is 10.8. The number of nitrogens with two attached hydrogens (primary N) is 1. The van der Waals surface area contributed by atoms with Crippen LogP contribution in [0.25, 0.3) is 5.82 Å². The fourth-order valence-corrected chi connectivity index (χ4v) is 1.53. The van der Waals surface area contributed by atoms with Crippen molar-refractivity contribution in [1.82, 2.24) is 19.7 Å². The van der Waals surface area contributed by atoms with Gasteiger partial charge in [-0.2, -0.15) is 4.68 Å². The Labute approximate surface area is 102 Å². The van der Waals surface area contributed by atoms with Gasteiger partial charge in [0.15, 0.2) is 5.82 Å². The summed E-state index contributed by atoms with van der Waals surface area (Å²) in [6.45, 7) is 3.46. The Bertz CT molecular complexity index is 607. The van der Waals surface area contributed by atoms with E-state index in [4.69, 9.17) is 5.84 Å². The Kier molecular flexibility index (Phi) is 2.90. The Balaban J connectivity index is 2.60. The van der Waals surface area contributed by atoms with Crippen LogP contribution < -0.4 is 11.3 Å². The van der Waals surface area contributed by atoms with E-state index >= 15 is 0 Å². The minimum Gasteiger partial charge on any atom is -0.308 e. The molecule has 0 aliphatic rings. The van der Waals surface area contributed by atoms with E-state index in [-0.39, 0.29) is 17.3 Å². The van der Waals surface area contributed by atoms with E-state index in [0.29, 0.717) is 11.6 Å². The molecular weight excluding hydrogens is 238 g/mol. The molecule has 0 aliphatic heterocycles. The van der Waals surface area contributed by atoms with Gasteiger partial charge in [-0.05, 0) is 13.8 Å². The quantitative estimate of drug-likeness (QED) is 0.460. The summed E-state index contributed by atoms with van der Waals surface area (Å²) in [4.78, 5) is 18.5. The van der Waals surface area contributed by atoms with Gasteiger partial charge in [0.1, 0.15) is 17.5 Å². The lowest BCUT2D eigenvalue weighted by molar-refractivity contribution is -0.384. The Hall–Kier alpha value is -2.55. The summed E-state index contributed by atoms with van der Waals surface area (Å²) in [5, 5.41) is 14.9. The summed E-state index contributed by atoms with van der Waals surface area (Å²) < 4.78 is 1.42. The first-order chi connectivity index (χ1) is 8.51. The van der Waals surface area contributed by atoms with E-state index < -0.39 is 4.92 Å².